The van der Waals surface area contributed by atoms with Crippen LogP contribution >= 0.6 is 0 Å². The third-order valence-electron chi connectivity index (χ3n) is 10.3. The van der Waals surface area contributed by atoms with Crippen LogP contribution in [0.5, 0.6) is 0 Å². The number of hydrogen-bond acceptors (Lipinski definition) is 5. The summed E-state index contributed by atoms with van der Waals surface area (Å²) in [5.74, 6) is -0.359. The van der Waals surface area contributed by atoms with E-state index >= 15 is 0 Å². The number of halogens is 1. The molecule has 3 atom stereocenters. The molecule has 0 spiro atoms. The van der Waals surface area contributed by atoms with Crippen LogP contribution in [0.15, 0.2) is 88.6 Å². The van der Waals surface area contributed by atoms with Crippen molar-refractivity contribution in [3.05, 3.63) is 107 Å². The quantitative estimate of drug-likeness (QED) is 0.116. The van der Waals surface area contributed by atoms with E-state index in [1.165, 1.54) is 35.1 Å². The van der Waals surface area contributed by atoms with Crippen molar-refractivity contribution in [1.82, 2.24) is 9.78 Å². The number of rotatable bonds is 8. The molecule has 0 saturated heterocycles. The number of ether oxygens (including phenoxy) is 1. The number of allylic oxidation sites excluding steroid dienone is 2. The molecule has 4 aromatic rings. The lowest BCUT2D eigenvalue weighted by Gasteiger charge is -2.54. The number of aryl methyl sites for hydroxylation is 1. The van der Waals surface area contributed by atoms with Crippen LogP contribution in [-0.2, 0) is 16.0 Å². The standard InChI is InChI=1S/C37H39FN2O4/c1-24-14-17-32-36(2,19-9-20-37(32,3)35(42)43-4)29(24)16-15-26-18-21-44-34(26)33(41)31-23-30(25-10-6-5-7-11-25)39-40(31)28-13-8-12-27(38)22-28/h5-8,10-13,18,21-23,32H,9,14-17,19-20H2,1-4H3/t32-,36-,37+/m1/s1. The second-order valence-corrected chi connectivity index (χ2v) is 12.8. The van der Waals surface area contributed by atoms with Gasteiger partial charge in [-0.25, -0.2) is 9.07 Å². The highest BCUT2D eigenvalue weighted by atomic mass is 19.1. The van der Waals surface area contributed by atoms with Gasteiger partial charge in [0.1, 0.15) is 11.5 Å². The minimum absolute atomic E-state index is 0.111. The first-order valence-corrected chi connectivity index (χ1v) is 15.5. The highest BCUT2D eigenvalue weighted by molar-refractivity contribution is 6.07. The van der Waals surface area contributed by atoms with Crippen molar-refractivity contribution < 1.29 is 23.1 Å². The van der Waals surface area contributed by atoms with Gasteiger partial charge in [0.05, 0.1) is 30.2 Å². The highest BCUT2D eigenvalue weighted by Crippen LogP contribution is 2.60. The Balaban J connectivity index is 1.31. The molecular formula is C37H39FN2O4. The van der Waals surface area contributed by atoms with Crippen molar-refractivity contribution in [3.63, 3.8) is 0 Å². The van der Waals surface area contributed by atoms with Gasteiger partial charge in [-0.3, -0.25) is 9.59 Å². The van der Waals surface area contributed by atoms with Crippen molar-refractivity contribution in [1.29, 1.82) is 0 Å². The summed E-state index contributed by atoms with van der Waals surface area (Å²) in [6.45, 7) is 6.61. The molecule has 44 heavy (non-hydrogen) atoms. The van der Waals surface area contributed by atoms with Gasteiger partial charge in [-0.05, 0) is 94.0 Å². The Labute approximate surface area is 257 Å². The maximum atomic E-state index is 14.2. The Morgan fingerprint density at radius 3 is 2.59 bits per heavy atom. The number of esters is 1. The third-order valence-corrected chi connectivity index (χ3v) is 10.3. The Morgan fingerprint density at radius 2 is 1.84 bits per heavy atom. The van der Waals surface area contributed by atoms with Crippen molar-refractivity contribution in [2.24, 2.45) is 16.7 Å². The second kappa shape index (κ2) is 11.7. The van der Waals surface area contributed by atoms with Crippen LogP contribution in [0.25, 0.3) is 16.9 Å². The van der Waals surface area contributed by atoms with Crippen molar-refractivity contribution in [2.45, 2.75) is 65.7 Å². The lowest BCUT2D eigenvalue weighted by atomic mass is 9.49. The van der Waals surface area contributed by atoms with Gasteiger partial charge in [0.15, 0.2) is 5.76 Å². The summed E-state index contributed by atoms with van der Waals surface area (Å²) in [5, 5.41) is 4.71. The summed E-state index contributed by atoms with van der Waals surface area (Å²) >= 11 is 0. The van der Waals surface area contributed by atoms with Crippen molar-refractivity contribution in [3.8, 4) is 16.9 Å². The molecule has 2 aromatic carbocycles. The zero-order valence-electron chi connectivity index (χ0n) is 25.9. The first kappa shape index (κ1) is 29.8. The normalized spacial score (nSPS) is 23.3. The van der Waals surface area contributed by atoms with E-state index in [9.17, 15) is 14.0 Å². The largest absolute Gasteiger partial charge is 0.469 e. The van der Waals surface area contributed by atoms with Gasteiger partial charge in [-0.1, -0.05) is 60.9 Å². The van der Waals surface area contributed by atoms with Gasteiger partial charge in [0, 0.05) is 11.1 Å². The van der Waals surface area contributed by atoms with Gasteiger partial charge in [0.2, 0.25) is 5.78 Å². The number of benzene rings is 2. The number of furan rings is 1. The van der Waals surface area contributed by atoms with Gasteiger partial charge < -0.3 is 9.15 Å². The Bertz CT molecular complexity index is 1730. The zero-order chi connectivity index (χ0) is 31.1. The van der Waals surface area contributed by atoms with Crippen LogP contribution in [0, 0.1) is 22.6 Å². The summed E-state index contributed by atoms with van der Waals surface area (Å²) in [6, 6.07) is 19.3. The third kappa shape index (κ3) is 5.12. The molecule has 0 bridgehead atoms. The van der Waals surface area contributed by atoms with Crippen molar-refractivity contribution >= 4 is 11.8 Å². The van der Waals surface area contributed by atoms with Crippen LogP contribution in [0.2, 0.25) is 0 Å². The number of carbonyl (C=O) groups is 2. The van der Waals surface area contributed by atoms with Gasteiger partial charge in [0.25, 0.3) is 0 Å². The van der Waals surface area contributed by atoms with Crippen LogP contribution in [0.3, 0.4) is 0 Å². The number of ketones is 1. The lowest BCUT2D eigenvalue weighted by molar-refractivity contribution is -0.163. The molecule has 2 aliphatic carbocycles. The first-order valence-electron chi connectivity index (χ1n) is 15.5. The van der Waals surface area contributed by atoms with E-state index in [2.05, 4.69) is 20.8 Å². The van der Waals surface area contributed by atoms with E-state index in [1.807, 2.05) is 36.4 Å². The Kier molecular flexibility index (Phi) is 7.91. The molecule has 0 unspecified atom stereocenters. The molecule has 1 saturated carbocycles. The number of carbonyl (C=O) groups excluding carboxylic acids is 2. The minimum Gasteiger partial charge on any atom is -0.469 e. The zero-order valence-corrected chi connectivity index (χ0v) is 25.9. The molecule has 1 fully saturated rings. The minimum atomic E-state index is -0.504. The highest BCUT2D eigenvalue weighted by Gasteiger charge is 2.55. The average Bonchev–Trinajstić information content (AvgIpc) is 3.68. The fourth-order valence-electron chi connectivity index (χ4n) is 8.05. The summed E-state index contributed by atoms with van der Waals surface area (Å²) in [4.78, 5) is 27.1. The van der Waals surface area contributed by atoms with Gasteiger partial charge >= 0.3 is 5.97 Å². The second-order valence-electron chi connectivity index (χ2n) is 12.8. The lowest BCUT2D eigenvalue weighted by Crippen LogP contribution is -2.50. The SMILES string of the molecule is COC(=O)[C@@]1(C)CCC[C@]2(C)C(CCc3ccoc3C(=O)c3cc(-c4ccccc4)nn3-c3cccc(F)c3)=C(C)CC[C@@H]12. The number of hydrogen-bond donors (Lipinski definition) is 0. The van der Waals surface area contributed by atoms with E-state index in [-0.39, 0.29) is 28.8 Å². The smallest absolute Gasteiger partial charge is 0.311 e. The predicted octanol–water partition coefficient (Wildman–Crippen LogP) is 8.53. The van der Waals surface area contributed by atoms with E-state index in [4.69, 9.17) is 14.3 Å². The molecule has 0 aliphatic heterocycles. The monoisotopic (exact) mass is 594 g/mol. The molecular weight excluding hydrogens is 555 g/mol. The summed E-state index contributed by atoms with van der Waals surface area (Å²) < 4.78 is 26.9. The molecule has 228 valence electrons. The molecule has 6 nitrogen and oxygen atoms in total. The van der Waals surface area contributed by atoms with Crippen LogP contribution in [0.4, 0.5) is 4.39 Å². The molecule has 0 radical (unpaired) electrons. The van der Waals surface area contributed by atoms with Gasteiger partial charge in [-0.2, -0.15) is 5.10 Å². The van der Waals surface area contributed by atoms with Crippen molar-refractivity contribution in [2.75, 3.05) is 7.11 Å². The number of aromatic nitrogens is 2. The number of methoxy groups -OCH3 is 1. The maximum Gasteiger partial charge on any atom is 0.311 e. The molecule has 0 amide bonds. The first-order chi connectivity index (χ1) is 21.2. The fraction of sp³-hybridized carbons (Fsp3) is 0.378. The van der Waals surface area contributed by atoms with Crippen LogP contribution in [-0.4, -0.2) is 28.6 Å². The Hall–Kier alpha value is -4.26. The summed E-state index contributed by atoms with van der Waals surface area (Å²) in [5.41, 5.74) is 5.19. The van der Waals surface area contributed by atoms with E-state index in [1.54, 1.807) is 24.5 Å². The average molecular weight is 595 g/mol. The number of fused-ring (bicyclic) bond motifs is 1. The molecule has 2 aromatic heterocycles. The maximum absolute atomic E-state index is 14.2. The van der Waals surface area contributed by atoms with Crippen LogP contribution < -0.4 is 0 Å². The topological polar surface area (TPSA) is 74.3 Å². The Morgan fingerprint density at radius 1 is 1.05 bits per heavy atom. The summed E-state index contributed by atoms with van der Waals surface area (Å²) in [7, 11) is 1.49. The molecule has 7 heteroatoms. The molecule has 2 heterocycles. The van der Waals surface area contributed by atoms with E-state index in [0.29, 0.717) is 23.5 Å². The fourth-order valence-corrected chi connectivity index (χ4v) is 8.05. The molecule has 2 aliphatic rings. The van der Waals surface area contributed by atoms with E-state index < -0.39 is 11.2 Å². The molecule has 6 rings (SSSR count). The molecule has 0 N–H and O–H groups in total. The predicted molar refractivity (Wildman–Crippen MR) is 167 cm³/mol. The van der Waals surface area contributed by atoms with Gasteiger partial charge in [-0.15, -0.1) is 0 Å². The number of nitrogens with zero attached hydrogens (tertiary/aromatic N) is 2. The van der Waals surface area contributed by atoms with E-state index in [0.717, 1.165) is 49.7 Å². The van der Waals surface area contributed by atoms with Crippen LogP contribution in [0.1, 0.15) is 81.1 Å². The summed E-state index contributed by atoms with van der Waals surface area (Å²) in [6.07, 6.45) is 7.73.